The number of thiophene rings is 1. The van der Waals surface area contributed by atoms with Gasteiger partial charge in [-0.2, -0.15) is 0 Å². The molecule has 2 heterocycles. The number of hydrogen-bond acceptors (Lipinski definition) is 5. The second-order valence-electron chi connectivity index (χ2n) is 4.71. The summed E-state index contributed by atoms with van der Waals surface area (Å²) in [6, 6.07) is 5.27. The SMILES string of the molecule is CN(Cc1csc(Br)c1)C(=O)c1cc2c(cc1N)OCO2. The van der Waals surface area contributed by atoms with E-state index in [1.807, 2.05) is 11.4 Å². The fourth-order valence-electron chi connectivity index (χ4n) is 2.12. The molecule has 0 aliphatic carbocycles. The molecule has 110 valence electrons. The van der Waals surface area contributed by atoms with Gasteiger partial charge < -0.3 is 20.1 Å². The molecule has 1 aromatic heterocycles. The van der Waals surface area contributed by atoms with Crippen LogP contribution < -0.4 is 15.2 Å². The molecule has 0 saturated heterocycles. The summed E-state index contributed by atoms with van der Waals surface area (Å²) in [6.07, 6.45) is 0. The van der Waals surface area contributed by atoms with E-state index in [4.69, 9.17) is 15.2 Å². The minimum atomic E-state index is -0.145. The van der Waals surface area contributed by atoms with Gasteiger partial charge in [-0.25, -0.2) is 0 Å². The van der Waals surface area contributed by atoms with Gasteiger partial charge in [-0.05, 0) is 39.0 Å². The van der Waals surface area contributed by atoms with Gasteiger partial charge in [-0.15, -0.1) is 11.3 Å². The van der Waals surface area contributed by atoms with Crippen molar-refractivity contribution >= 4 is 38.9 Å². The lowest BCUT2D eigenvalue weighted by Gasteiger charge is -2.18. The van der Waals surface area contributed by atoms with E-state index in [9.17, 15) is 4.79 Å². The predicted molar refractivity (Wildman–Crippen MR) is 84.8 cm³/mol. The molecule has 21 heavy (non-hydrogen) atoms. The third-order valence-electron chi connectivity index (χ3n) is 3.16. The molecule has 2 N–H and O–H groups in total. The van der Waals surface area contributed by atoms with Gasteiger partial charge in [0.1, 0.15) is 0 Å². The number of rotatable bonds is 3. The number of carbonyl (C=O) groups excluding carboxylic acids is 1. The zero-order chi connectivity index (χ0) is 15.0. The van der Waals surface area contributed by atoms with E-state index >= 15 is 0 Å². The van der Waals surface area contributed by atoms with Gasteiger partial charge in [0, 0.05) is 25.3 Å². The summed E-state index contributed by atoms with van der Waals surface area (Å²) in [5.74, 6) is 0.987. The van der Waals surface area contributed by atoms with E-state index in [0.29, 0.717) is 29.3 Å². The molecule has 1 aliphatic rings. The van der Waals surface area contributed by atoms with Crippen LogP contribution in [0.5, 0.6) is 11.5 Å². The summed E-state index contributed by atoms with van der Waals surface area (Å²) < 4.78 is 11.6. The summed E-state index contributed by atoms with van der Waals surface area (Å²) in [7, 11) is 1.75. The van der Waals surface area contributed by atoms with E-state index in [0.717, 1.165) is 9.35 Å². The number of halogens is 1. The third-order valence-corrected chi connectivity index (χ3v) is 4.72. The molecule has 5 nitrogen and oxygen atoms in total. The molecule has 0 spiro atoms. The largest absolute Gasteiger partial charge is 0.454 e. The number of amides is 1. The summed E-state index contributed by atoms with van der Waals surface area (Å²) in [5, 5.41) is 2.01. The van der Waals surface area contributed by atoms with Crippen molar-refractivity contribution in [2.45, 2.75) is 6.54 Å². The zero-order valence-electron chi connectivity index (χ0n) is 11.3. The van der Waals surface area contributed by atoms with Crippen LogP contribution in [0.2, 0.25) is 0 Å². The normalized spacial score (nSPS) is 12.5. The number of fused-ring (bicyclic) bond motifs is 1. The minimum Gasteiger partial charge on any atom is -0.454 e. The van der Waals surface area contributed by atoms with Crippen molar-refractivity contribution < 1.29 is 14.3 Å². The smallest absolute Gasteiger partial charge is 0.256 e. The molecule has 1 amide bonds. The molecular formula is C14H13BrN2O3S. The fraction of sp³-hybridized carbons (Fsp3) is 0.214. The van der Waals surface area contributed by atoms with Gasteiger partial charge in [0.15, 0.2) is 11.5 Å². The van der Waals surface area contributed by atoms with Crippen LogP contribution in [-0.4, -0.2) is 24.6 Å². The molecule has 7 heteroatoms. The number of nitrogens with two attached hydrogens (primary N) is 1. The van der Waals surface area contributed by atoms with Gasteiger partial charge in [0.2, 0.25) is 6.79 Å². The van der Waals surface area contributed by atoms with Crippen molar-refractivity contribution in [2.75, 3.05) is 19.6 Å². The zero-order valence-corrected chi connectivity index (χ0v) is 13.7. The van der Waals surface area contributed by atoms with E-state index < -0.39 is 0 Å². The van der Waals surface area contributed by atoms with Crippen molar-refractivity contribution in [1.82, 2.24) is 4.90 Å². The van der Waals surface area contributed by atoms with Crippen molar-refractivity contribution in [2.24, 2.45) is 0 Å². The topological polar surface area (TPSA) is 64.8 Å². The monoisotopic (exact) mass is 368 g/mol. The van der Waals surface area contributed by atoms with Crippen LogP contribution in [-0.2, 0) is 6.54 Å². The van der Waals surface area contributed by atoms with Gasteiger partial charge in [0.25, 0.3) is 5.91 Å². The third kappa shape index (κ3) is 2.84. The molecule has 3 rings (SSSR count). The number of carbonyl (C=O) groups is 1. The summed E-state index contributed by atoms with van der Waals surface area (Å²) >= 11 is 5.00. The molecule has 0 unspecified atom stereocenters. The van der Waals surface area contributed by atoms with Crippen molar-refractivity contribution in [1.29, 1.82) is 0 Å². The van der Waals surface area contributed by atoms with E-state index in [2.05, 4.69) is 15.9 Å². The number of anilines is 1. The number of nitrogen functional groups attached to an aromatic ring is 1. The van der Waals surface area contributed by atoms with Crippen LogP contribution in [0.15, 0.2) is 27.4 Å². The Kier molecular flexibility index (Phi) is 3.77. The maximum absolute atomic E-state index is 12.5. The Morgan fingerprint density at radius 2 is 2.10 bits per heavy atom. The van der Waals surface area contributed by atoms with E-state index in [1.165, 1.54) is 0 Å². The lowest BCUT2D eigenvalue weighted by Crippen LogP contribution is -2.26. The Morgan fingerprint density at radius 3 is 2.76 bits per heavy atom. The van der Waals surface area contributed by atoms with Crippen molar-refractivity contribution in [3.05, 3.63) is 38.5 Å². The van der Waals surface area contributed by atoms with Gasteiger partial charge in [-0.3, -0.25) is 4.79 Å². The molecule has 0 saturated carbocycles. The van der Waals surface area contributed by atoms with Crippen LogP contribution in [0, 0.1) is 0 Å². The molecule has 0 radical (unpaired) electrons. The minimum absolute atomic E-state index is 0.145. The fourth-order valence-corrected chi connectivity index (χ4v) is 3.32. The van der Waals surface area contributed by atoms with Gasteiger partial charge in [0.05, 0.1) is 9.35 Å². The Hall–Kier alpha value is -1.73. The molecule has 1 aliphatic heterocycles. The van der Waals surface area contributed by atoms with Crippen LogP contribution >= 0.6 is 27.3 Å². The van der Waals surface area contributed by atoms with E-state index in [-0.39, 0.29) is 12.7 Å². The van der Waals surface area contributed by atoms with Crippen molar-refractivity contribution in [3.63, 3.8) is 0 Å². The number of ether oxygens (including phenoxy) is 2. The molecule has 1 aromatic carbocycles. The second kappa shape index (κ2) is 5.57. The quantitative estimate of drug-likeness (QED) is 0.845. The predicted octanol–water partition coefficient (Wildman–Crippen LogP) is 3.09. The maximum Gasteiger partial charge on any atom is 0.256 e. The first kappa shape index (κ1) is 14.2. The van der Waals surface area contributed by atoms with Crippen LogP contribution in [0.1, 0.15) is 15.9 Å². The van der Waals surface area contributed by atoms with E-state index in [1.54, 1.807) is 35.4 Å². The first-order valence-corrected chi connectivity index (χ1v) is 7.89. The molecule has 2 aromatic rings. The summed E-state index contributed by atoms with van der Waals surface area (Å²) in [4.78, 5) is 14.1. The van der Waals surface area contributed by atoms with Gasteiger partial charge in [-0.1, -0.05) is 0 Å². The number of benzene rings is 1. The standard InChI is InChI=1S/C14H13BrN2O3S/c1-17(5-8-2-13(15)21-6-8)14(18)9-3-11-12(4-10(9)16)20-7-19-11/h2-4,6H,5,7,16H2,1H3. The first-order chi connectivity index (χ1) is 10.0. The molecule has 0 bridgehead atoms. The lowest BCUT2D eigenvalue weighted by atomic mass is 10.1. The number of nitrogens with zero attached hydrogens (tertiary/aromatic N) is 1. The Balaban J connectivity index is 1.81. The molecular weight excluding hydrogens is 356 g/mol. The second-order valence-corrected chi connectivity index (χ2v) is 7.00. The highest BCUT2D eigenvalue weighted by Gasteiger charge is 2.22. The number of hydrogen-bond donors (Lipinski definition) is 1. The highest BCUT2D eigenvalue weighted by molar-refractivity contribution is 9.11. The summed E-state index contributed by atoms with van der Waals surface area (Å²) in [5.41, 5.74) is 7.83. The van der Waals surface area contributed by atoms with Crippen LogP contribution in [0.4, 0.5) is 5.69 Å². The lowest BCUT2D eigenvalue weighted by molar-refractivity contribution is 0.0786. The molecule has 0 fully saturated rings. The van der Waals surface area contributed by atoms with Crippen LogP contribution in [0.3, 0.4) is 0 Å². The Bertz CT molecular complexity index is 702. The Morgan fingerprint density at radius 1 is 1.38 bits per heavy atom. The molecule has 0 atom stereocenters. The summed E-state index contributed by atoms with van der Waals surface area (Å²) in [6.45, 7) is 0.681. The highest BCUT2D eigenvalue weighted by Crippen LogP contribution is 2.36. The maximum atomic E-state index is 12.5. The average Bonchev–Trinajstić information content (AvgIpc) is 3.05. The van der Waals surface area contributed by atoms with Crippen molar-refractivity contribution in [3.8, 4) is 11.5 Å². The van der Waals surface area contributed by atoms with Gasteiger partial charge >= 0.3 is 0 Å². The van der Waals surface area contributed by atoms with Crippen LogP contribution in [0.25, 0.3) is 0 Å². The first-order valence-electron chi connectivity index (χ1n) is 6.22. The average molecular weight is 369 g/mol. The Labute approximate surface area is 134 Å². The highest BCUT2D eigenvalue weighted by atomic mass is 79.9.